The zero-order valence-electron chi connectivity index (χ0n) is 9.73. The summed E-state index contributed by atoms with van der Waals surface area (Å²) >= 11 is 8.73. The Morgan fingerprint density at radius 3 is 2.83 bits per heavy atom. The quantitative estimate of drug-likeness (QED) is 0.774. The molecule has 0 radical (unpaired) electrons. The summed E-state index contributed by atoms with van der Waals surface area (Å²) in [7, 11) is -2.04. The van der Waals surface area contributed by atoms with Crippen LogP contribution >= 0.6 is 27.5 Å². The van der Waals surface area contributed by atoms with E-state index < -0.39 is 10.0 Å². The SMILES string of the molecule is CN(C1CCOC1)S(=O)(=O)c1cc(CCl)oc1Br. The first-order valence-electron chi connectivity index (χ1n) is 5.36. The number of halogens is 2. The lowest BCUT2D eigenvalue weighted by Crippen LogP contribution is -2.37. The second kappa shape index (κ2) is 5.50. The number of alkyl halides is 1. The zero-order valence-corrected chi connectivity index (χ0v) is 12.9. The van der Waals surface area contributed by atoms with Gasteiger partial charge in [-0.1, -0.05) is 0 Å². The van der Waals surface area contributed by atoms with Crippen LogP contribution in [0.2, 0.25) is 0 Å². The molecule has 1 aliphatic heterocycles. The fourth-order valence-electron chi connectivity index (χ4n) is 1.80. The molecule has 1 aromatic heterocycles. The molecule has 0 aliphatic carbocycles. The molecule has 1 saturated heterocycles. The smallest absolute Gasteiger partial charge is 0.247 e. The summed E-state index contributed by atoms with van der Waals surface area (Å²) < 4.78 is 36.7. The molecule has 1 atom stereocenters. The third-order valence-electron chi connectivity index (χ3n) is 2.92. The average molecular weight is 359 g/mol. The molecule has 1 fully saturated rings. The van der Waals surface area contributed by atoms with Gasteiger partial charge in [0.1, 0.15) is 10.7 Å². The van der Waals surface area contributed by atoms with Gasteiger partial charge in [-0.3, -0.25) is 0 Å². The van der Waals surface area contributed by atoms with Gasteiger partial charge in [0.2, 0.25) is 10.0 Å². The van der Waals surface area contributed by atoms with Gasteiger partial charge in [-0.2, -0.15) is 4.31 Å². The summed E-state index contributed by atoms with van der Waals surface area (Å²) in [6.45, 7) is 1.01. The Kier molecular flexibility index (Phi) is 4.38. The molecule has 0 spiro atoms. The summed E-state index contributed by atoms with van der Waals surface area (Å²) in [5.74, 6) is 0.544. The van der Waals surface area contributed by atoms with Crippen LogP contribution in [-0.4, -0.2) is 39.0 Å². The van der Waals surface area contributed by atoms with Crippen molar-refractivity contribution in [2.45, 2.75) is 23.2 Å². The van der Waals surface area contributed by atoms with Crippen molar-refractivity contribution in [2.24, 2.45) is 0 Å². The van der Waals surface area contributed by atoms with Gasteiger partial charge in [0, 0.05) is 19.7 Å². The predicted octanol–water partition coefficient (Wildman–Crippen LogP) is 2.19. The Balaban J connectivity index is 2.31. The number of likely N-dealkylation sites (N-methyl/N-ethyl adjacent to an activating group) is 1. The van der Waals surface area contributed by atoms with Crippen molar-refractivity contribution in [1.29, 1.82) is 0 Å². The van der Waals surface area contributed by atoms with Gasteiger partial charge >= 0.3 is 0 Å². The Labute approximate surface area is 119 Å². The van der Waals surface area contributed by atoms with Crippen molar-refractivity contribution < 1.29 is 17.6 Å². The largest absolute Gasteiger partial charge is 0.452 e. The minimum absolute atomic E-state index is 0.104. The second-order valence-electron chi connectivity index (χ2n) is 4.02. The molecular weight excluding hydrogens is 346 g/mol. The number of sulfonamides is 1. The van der Waals surface area contributed by atoms with Crippen molar-refractivity contribution >= 4 is 37.6 Å². The van der Waals surface area contributed by atoms with Crippen LogP contribution in [0.15, 0.2) is 20.0 Å². The van der Waals surface area contributed by atoms with E-state index in [0.717, 1.165) is 0 Å². The molecule has 0 N–H and O–H groups in total. The van der Waals surface area contributed by atoms with E-state index >= 15 is 0 Å². The standard InChI is InChI=1S/C10H13BrClNO4S/c1-13(7-2-3-16-6-7)18(14,15)9-4-8(5-12)17-10(9)11/h4,7H,2-3,5-6H2,1H3. The van der Waals surface area contributed by atoms with Crippen LogP contribution in [0.1, 0.15) is 12.2 Å². The molecule has 0 bridgehead atoms. The molecule has 8 heteroatoms. The normalized spacial score (nSPS) is 20.8. The fraction of sp³-hybridized carbons (Fsp3) is 0.600. The molecule has 2 heterocycles. The average Bonchev–Trinajstić information content (AvgIpc) is 2.96. The van der Waals surface area contributed by atoms with E-state index in [1.54, 1.807) is 7.05 Å². The van der Waals surface area contributed by atoms with Gasteiger partial charge in [-0.15, -0.1) is 11.6 Å². The number of hydrogen-bond donors (Lipinski definition) is 0. The van der Waals surface area contributed by atoms with Gasteiger partial charge in [0.25, 0.3) is 0 Å². The molecule has 5 nitrogen and oxygen atoms in total. The summed E-state index contributed by atoms with van der Waals surface area (Å²) in [5.41, 5.74) is 0. The topological polar surface area (TPSA) is 59.8 Å². The van der Waals surface area contributed by atoms with E-state index in [1.165, 1.54) is 10.4 Å². The maximum Gasteiger partial charge on any atom is 0.247 e. The highest BCUT2D eigenvalue weighted by Gasteiger charge is 2.33. The minimum atomic E-state index is -3.59. The van der Waals surface area contributed by atoms with Crippen LogP contribution < -0.4 is 0 Å². The number of furan rings is 1. The Bertz CT molecular complexity index is 524. The van der Waals surface area contributed by atoms with Crippen LogP contribution in [-0.2, 0) is 20.6 Å². The maximum atomic E-state index is 12.4. The van der Waals surface area contributed by atoms with Crippen LogP contribution in [0, 0.1) is 0 Å². The van der Waals surface area contributed by atoms with Gasteiger partial charge in [0.05, 0.1) is 18.5 Å². The number of ether oxygens (including phenoxy) is 1. The highest BCUT2D eigenvalue weighted by atomic mass is 79.9. The first kappa shape index (κ1) is 14.3. The lowest BCUT2D eigenvalue weighted by atomic mass is 10.3. The molecule has 2 rings (SSSR count). The Morgan fingerprint density at radius 1 is 1.61 bits per heavy atom. The summed E-state index contributed by atoms with van der Waals surface area (Å²) in [4.78, 5) is 0.104. The molecule has 0 saturated carbocycles. The molecule has 102 valence electrons. The van der Waals surface area contributed by atoms with Crippen LogP contribution in [0.3, 0.4) is 0 Å². The molecular formula is C10H13BrClNO4S. The highest BCUT2D eigenvalue weighted by molar-refractivity contribution is 9.10. The van der Waals surface area contributed by atoms with Crippen molar-refractivity contribution in [2.75, 3.05) is 20.3 Å². The molecule has 1 unspecified atom stereocenters. The molecule has 18 heavy (non-hydrogen) atoms. The monoisotopic (exact) mass is 357 g/mol. The molecule has 1 aliphatic rings. The van der Waals surface area contributed by atoms with E-state index in [4.69, 9.17) is 20.8 Å². The van der Waals surface area contributed by atoms with Gasteiger partial charge in [0.15, 0.2) is 4.67 Å². The van der Waals surface area contributed by atoms with E-state index in [0.29, 0.717) is 25.4 Å². The molecule has 0 amide bonds. The van der Waals surface area contributed by atoms with E-state index in [2.05, 4.69) is 15.9 Å². The van der Waals surface area contributed by atoms with E-state index in [-0.39, 0.29) is 21.5 Å². The lowest BCUT2D eigenvalue weighted by molar-refractivity contribution is 0.181. The summed E-state index contributed by atoms with van der Waals surface area (Å²) in [6, 6.07) is 1.31. The number of nitrogens with zero attached hydrogens (tertiary/aromatic N) is 1. The number of hydrogen-bond acceptors (Lipinski definition) is 4. The van der Waals surface area contributed by atoms with Crippen LogP contribution in [0.4, 0.5) is 0 Å². The van der Waals surface area contributed by atoms with Gasteiger partial charge in [-0.25, -0.2) is 8.42 Å². The molecule has 0 aromatic carbocycles. The summed E-state index contributed by atoms with van der Waals surface area (Å²) in [5, 5.41) is 0. The first-order valence-corrected chi connectivity index (χ1v) is 8.13. The third-order valence-corrected chi connectivity index (χ3v) is 5.95. The predicted molar refractivity (Wildman–Crippen MR) is 70.1 cm³/mol. The minimum Gasteiger partial charge on any atom is -0.452 e. The van der Waals surface area contributed by atoms with Crippen molar-refractivity contribution in [3.05, 3.63) is 16.5 Å². The third kappa shape index (κ3) is 2.60. The van der Waals surface area contributed by atoms with Crippen LogP contribution in [0.5, 0.6) is 0 Å². The van der Waals surface area contributed by atoms with Crippen molar-refractivity contribution in [3.8, 4) is 0 Å². The van der Waals surface area contributed by atoms with E-state index in [1.807, 2.05) is 0 Å². The highest BCUT2D eigenvalue weighted by Crippen LogP contribution is 2.30. The first-order chi connectivity index (χ1) is 8.46. The Morgan fingerprint density at radius 2 is 2.33 bits per heavy atom. The summed E-state index contributed by atoms with van der Waals surface area (Å²) in [6.07, 6.45) is 0.702. The van der Waals surface area contributed by atoms with Crippen LogP contribution in [0.25, 0.3) is 0 Å². The Hall–Kier alpha value is -0.0800. The maximum absolute atomic E-state index is 12.4. The fourth-order valence-corrected chi connectivity index (χ4v) is 4.26. The lowest BCUT2D eigenvalue weighted by Gasteiger charge is -2.21. The van der Waals surface area contributed by atoms with Crippen molar-refractivity contribution in [1.82, 2.24) is 4.31 Å². The number of rotatable bonds is 4. The van der Waals surface area contributed by atoms with Crippen molar-refractivity contribution in [3.63, 3.8) is 0 Å². The second-order valence-corrected chi connectivity index (χ2v) is 6.98. The van der Waals surface area contributed by atoms with Gasteiger partial charge < -0.3 is 9.15 Å². The zero-order chi connectivity index (χ0) is 13.3. The van der Waals surface area contributed by atoms with E-state index in [9.17, 15) is 8.42 Å². The van der Waals surface area contributed by atoms with Gasteiger partial charge in [-0.05, 0) is 22.4 Å². The molecule has 1 aromatic rings.